The summed E-state index contributed by atoms with van der Waals surface area (Å²) in [6.45, 7) is 4.18. The van der Waals surface area contributed by atoms with E-state index in [1.807, 2.05) is 13.8 Å². The Morgan fingerprint density at radius 2 is 2.42 bits per heavy atom. The third kappa shape index (κ3) is 2.35. The Bertz CT molecular complexity index is 172. The first-order valence-electron chi connectivity index (χ1n) is 3.98. The molecule has 0 spiro atoms. The highest BCUT2D eigenvalue weighted by molar-refractivity contribution is 5.73. The highest BCUT2D eigenvalue weighted by Crippen LogP contribution is 2.05. The van der Waals surface area contributed by atoms with E-state index in [9.17, 15) is 4.79 Å². The van der Waals surface area contributed by atoms with Gasteiger partial charge in [0, 0.05) is 6.04 Å². The van der Waals surface area contributed by atoms with Crippen molar-refractivity contribution < 1.29 is 14.7 Å². The number of rotatable bonds is 1. The van der Waals surface area contributed by atoms with E-state index in [-0.39, 0.29) is 25.2 Å². The smallest absolute Gasteiger partial charge is 0.341 e. The number of hydrogen-bond donors (Lipinski definition) is 2. The molecule has 0 aromatic rings. The summed E-state index contributed by atoms with van der Waals surface area (Å²) in [6, 6.07) is -0.208. The molecule has 1 fully saturated rings. The summed E-state index contributed by atoms with van der Waals surface area (Å²) in [5, 5.41) is 12.8. The molecule has 0 saturated carbocycles. The van der Waals surface area contributed by atoms with Crippen LogP contribution < -0.4 is 5.32 Å². The highest BCUT2D eigenvalue weighted by Gasteiger charge is 2.26. The van der Waals surface area contributed by atoms with E-state index in [4.69, 9.17) is 9.94 Å². The third-order valence-corrected chi connectivity index (χ3v) is 1.44. The van der Waals surface area contributed by atoms with Gasteiger partial charge in [0.25, 0.3) is 0 Å². The number of nitrogens with one attached hydrogen (secondary N) is 1. The fraction of sp³-hybridized carbons (Fsp3) is 0.857. The first kappa shape index (κ1) is 9.28. The summed E-state index contributed by atoms with van der Waals surface area (Å²) in [5.74, 6) is 0. The van der Waals surface area contributed by atoms with E-state index >= 15 is 0 Å². The van der Waals surface area contributed by atoms with Crippen LogP contribution in [-0.4, -0.2) is 41.5 Å². The molecule has 0 radical (unpaired) electrons. The number of nitrogens with zero attached hydrogens (tertiary/aromatic N) is 1. The number of hydrogen-bond acceptors (Lipinski definition) is 3. The predicted octanol–water partition coefficient (Wildman–Crippen LogP) is -0.288. The second-order valence-corrected chi connectivity index (χ2v) is 3.11. The molecule has 12 heavy (non-hydrogen) atoms. The lowest BCUT2D eigenvalue weighted by molar-refractivity contribution is -0.0682. The van der Waals surface area contributed by atoms with E-state index in [1.54, 1.807) is 0 Å². The number of urea groups is 1. The molecule has 1 atom stereocenters. The lowest BCUT2D eigenvalue weighted by Gasteiger charge is -2.16. The topological polar surface area (TPSA) is 61.8 Å². The van der Waals surface area contributed by atoms with Gasteiger partial charge >= 0.3 is 6.03 Å². The minimum Gasteiger partial charge on any atom is -0.389 e. The van der Waals surface area contributed by atoms with Crippen molar-refractivity contribution in [3.05, 3.63) is 0 Å². The van der Waals surface area contributed by atoms with Crippen LogP contribution in [0.2, 0.25) is 0 Å². The van der Waals surface area contributed by atoms with E-state index < -0.39 is 6.10 Å². The largest absolute Gasteiger partial charge is 0.389 e. The van der Waals surface area contributed by atoms with Gasteiger partial charge in [-0.05, 0) is 13.8 Å². The van der Waals surface area contributed by atoms with Crippen molar-refractivity contribution in [3.63, 3.8) is 0 Å². The Kier molecular flexibility index (Phi) is 2.88. The molecular weight excluding hydrogens is 160 g/mol. The van der Waals surface area contributed by atoms with Gasteiger partial charge in [0.15, 0.2) is 0 Å². The first-order valence-corrected chi connectivity index (χ1v) is 3.98. The fourth-order valence-electron chi connectivity index (χ4n) is 0.933. The van der Waals surface area contributed by atoms with Gasteiger partial charge in [-0.1, -0.05) is 0 Å². The van der Waals surface area contributed by atoms with Gasteiger partial charge < -0.3 is 10.4 Å². The molecule has 0 aromatic carbocycles. The fourth-order valence-corrected chi connectivity index (χ4v) is 0.933. The van der Waals surface area contributed by atoms with Gasteiger partial charge in [0.1, 0.15) is 12.7 Å². The number of carbonyl (C=O) groups excluding carboxylic acids is 1. The zero-order chi connectivity index (χ0) is 9.14. The van der Waals surface area contributed by atoms with Crippen molar-refractivity contribution in [3.8, 4) is 0 Å². The Balaban J connectivity index is 2.33. The molecule has 2 N–H and O–H groups in total. The lowest BCUT2D eigenvalue weighted by Crippen LogP contribution is -2.41. The summed E-state index contributed by atoms with van der Waals surface area (Å²) in [4.78, 5) is 16.1. The summed E-state index contributed by atoms with van der Waals surface area (Å²) in [7, 11) is 0. The molecule has 1 saturated heterocycles. The first-order chi connectivity index (χ1) is 5.59. The van der Waals surface area contributed by atoms with Crippen LogP contribution in [0.25, 0.3) is 0 Å². The molecule has 5 heteroatoms. The van der Waals surface area contributed by atoms with Gasteiger partial charge in [-0.15, -0.1) is 0 Å². The van der Waals surface area contributed by atoms with E-state index in [0.717, 1.165) is 5.06 Å². The molecule has 5 nitrogen and oxygen atoms in total. The SMILES string of the molecule is CC(C)NC(=O)N1C[C@H](O)CO1. The van der Waals surface area contributed by atoms with Crippen LogP contribution in [0.5, 0.6) is 0 Å². The maximum Gasteiger partial charge on any atom is 0.341 e. The molecule has 1 aliphatic rings. The van der Waals surface area contributed by atoms with E-state index in [1.165, 1.54) is 0 Å². The number of amides is 2. The van der Waals surface area contributed by atoms with Crippen molar-refractivity contribution in [2.24, 2.45) is 0 Å². The standard InChI is InChI=1S/C7H14N2O3/c1-5(2)8-7(11)9-3-6(10)4-12-9/h5-6,10H,3-4H2,1-2H3,(H,8,11)/t6-/m0/s1. The monoisotopic (exact) mass is 174 g/mol. The van der Waals surface area contributed by atoms with Crippen LogP contribution in [-0.2, 0) is 4.84 Å². The summed E-state index contributed by atoms with van der Waals surface area (Å²) in [5.41, 5.74) is 0. The number of aliphatic hydroxyl groups is 1. The molecule has 0 bridgehead atoms. The Morgan fingerprint density at radius 3 is 2.83 bits per heavy atom. The molecule has 0 aliphatic carbocycles. The zero-order valence-electron chi connectivity index (χ0n) is 7.28. The molecule has 70 valence electrons. The van der Waals surface area contributed by atoms with Crippen LogP contribution in [0.4, 0.5) is 4.79 Å². The lowest BCUT2D eigenvalue weighted by atomic mass is 10.4. The Morgan fingerprint density at radius 1 is 1.75 bits per heavy atom. The van der Waals surface area contributed by atoms with Crippen LogP contribution in [0.1, 0.15) is 13.8 Å². The molecular formula is C7H14N2O3. The molecule has 1 aliphatic heterocycles. The van der Waals surface area contributed by atoms with Crippen LogP contribution in [0, 0.1) is 0 Å². The highest BCUT2D eigenvalue weighted by atomic mass is 16.7. The summed E-state index contributed by atoms with van der Waals surface area (Å²) < 4.78 is 0. The van der Waals surface area contributed by atoms with Crippen molar-refractivity contribution in [1.29, 1.82) is 0 Å². The number of hydroxylamine groups is 2. The van der Waals surface area contributed by atoms with Crippen molar-refractivity contribution in [2.45, 2.75) is 26.0 Å². The normalized spacial score (nSPS) is 23.3. The molecule has 1 heterocycles. The molecule has 1 rings (SSSR count). The van der Waals surface area contributed by atoms with Crippen molar-refractivity contribution in [2.75, 3.05) is 13.2 Å². The summed E-state index contributed by atoms with van der Waals surface area (Å²) >= 11 is 0. The maximum atomic E-state index is 11.2. The maximum absolute atomic E-state index is 11.2. The van der Waals surface area contributed by atoms with Gasteiger partial charge in [0.05, 0.1) is 6.54 Å². The average molecular weight is 174 g/mol. The number of carbonyl (C=O) groups is 1. The van der Waals surface area contributed by atoms with Gasteiger partial charge in [-0.25, -0.2) is 9.86 Å². The minimum absolute atomic E-state index is 0.0823. The molecule has 2 amide bonds. The summed E-state index contributed by atoms with van der Waals surface area (Å²) in [6.07, 6.45) is -0.553. The van der Waals surface area contributed by atoms with Gasteiger partial charge in [-0.2, -0.15) is 0 Å². The minimum atomic E-state index is -0.553. The van der Waals surface area contributed by atoms with Gasteiger partial charge in [-0.3, -0.25) is 4.84 Å². The Labute approximate surface area is 71.3 Å². The number of β-amino-alcohol motifs (C(OH)–C–C–N with tert-alkyl or cyclic N) is 1. The quantitative estimate of drug-likeness (QED) is 0.574. The second kappa shape index (κ2) is 3.73. The molecule has 0 unspecified atom stereocenters. The van der Waals surface area contributed by atoms with Crippen LogP contribution in [0.3, 0.4) is 0 Å². The van der Waals surface area contributed by atoms with Crippen LogP contribution in [0.15, 0.2) is 0 Å². The predicted molar refractivity (Wildman–Crippen MR) is 42.3 cm³/mol. The van der Waals surface area contributed by atoms with E-state index in [2.05, 4.69) is 5.32 Å². The third-order valence-electron chi connectivity index (χ3n) is 1.44. The van der Waals surface area contributed by atoms with Crippen LogP contribution >= 0.6 is 0 Å². The second-order valence-electron chi connectivity index (χ2n) is 3.11. The van der Waals surface area contributed by atoms with Crippen molar-refractivity contribution in [1.82, 2.24) is 10.4 Å². The van der Waals surface area contributed by atoms with E-state index in [0.29, 0.717) is 0 Å². The van der Waals surface area contributed by atoms with Crippen molar-refractivity contribution >= 4 is 6.03 Å². The number of aliphatic hydroxyl groups excluding tert-OH is 1. The molecule has 0 aromatic heterocycles. The Hall–Kier alpha value is -0.810. The zero-order valence-corrected chi connectivity index (χ0v) is 7.28. The average Bonchev–Trinajstić information content (AvgIpc) is 2.34. The van der Waals surface area contributed by atoms with Gasteiger partial charge in [0.2, 0.25) is 0 Å².